The molecule has 0 radical (unpaired) electrons. The van der Waals surface area contributed by atoms with Gasteiger partial charge in [-0.15, -0.1) is 23.1 Å². The predicted molar refractivity (Wildman–Crippen MR) is 154 cm³/mol. The van der Waals surface area contributed by atoms with E-state index in [-0.39, 0.29) is 29.4 Å². The first-order chi connectivity index (χ1) is 19.1. The highest BCUT2D eigenvalue weighted by Crippen LogP contribution is 2.49. The van der Waals surface area contributed by atoms with Crippen molar-refractivity contribution < 1.29 is 19.1 Å². The lowest BCUT2D eigenvalue weighted by atomic mass is 10.0. The molecule has 4 aromatic rings. The summed E-state index contributed by atoms with van der Waals surface area (Å²) in [6.45, 7) is 1.99. The van der Waals surface area contributed by atoms with Gasteiger partial charge in [-0.2, -0.15) is 5.10 Å². The molecule has 2 aromatic carbocycles. The normalized spacial score (nSPS) is 17.6. The largest absolute Gasteiger partial charge is 0.497 e. The van der Waals surface area contributed by atoms with Crippen molar-refractivity contribution in [3.05, 3.63) is 82.6 Å². The van der Waals surface area contributed by atoms with Crippen molar-refractivity contribution in [3.63, 3.8) is 0 Å². The molecule has 1 atom stereocenters. The second-order valence-corrected chi connectivity index (χ2v) is 11.3. The van der Waals surface area contributed by atoms with Crippen LogP contribution in [0.15, 0.2) is 72.1 Å². The summed E-state index contributed by atoms with van der Waals surface area (Å²) >= 11 is 3.25. The number of morpholine rings is 1. The first-order valence-corrected chi connectivity index (χ1v) is 14.7. The zero-order valence-corrected chi connectivity index (χ0v) is 23.1. The summed E-state index contributed by atoms with van der Waals surface area (Å²) in [5.74, 6) is 1.40. The van der Waals surface area contributed by atoms with Gasteiger partial charge in [0.05, 0.1) is 42.7 Å². The number of ether oxygens (including phenoxy) is 2. The van der Waals surface area contributed by atoms with Crippen LogP contribution >= 0.6 is 23.1 Å². The summed E-state index contributed by atoms with van der Waals surface area (Å²) in [6.07, 6.45) is 0. The summed E-state index contributed by atoms with van der Waals surface area (Å²) in [4.78, 5) is 31.8. The van der Waals surface area contributed by atoms with Crippen LogP contribution in [-0.2, 0) is 14.3 Å². The minimum absolute atomic E-state index is 0.0559. The van der Waals surface area contributed by atoms with Gasteiger partial charge in [0.1, 0.15) is 18.1 Å². The quantitative estimate of drug-likeness (QED) is 0.342. The highest BCUT2D eigenvalue weighted by atomic mass is 32.2. The van der Waals surface area contributed by atoms with E-state index in [0.717, 1.165) is 33.1 Å². The molecule has 10 heteroatoms. The molecule has 0 spiro atoms. The fraction of sp³-hybridized carbons (Fsp3) is 0.276. The van der Waals surface area contributed by atoms with E-state index >= 15 is 0 Å². The number of carbonyl (C=O) groups excluding carboxylic acids is 2. The molecule has 0 aliphatic carbocycles. The Balaban J connectivity index is 1.56. The summed E-state index contributed by atoms with van der Waals surface area (Å²) in [5.41, 5.74) is 3.47. The molecule has 2 amide bonds. The lowest BCUT2D eigenvalue weighted by Crippen LogP contribution is -2.48. The molecule has 0 N–H and O–H groups in total. The van der Waals surface area contributed by atoms with Crippen LogP contribution in [0.25, 0.3) is 16.9 Å². The molecule has 0 unspecified atom stereocenters. The lowest BCUT2D eigenvalue weighted by molar-refractivity contribution is -0.134. The van der Waals surface area contributed by atoms with Crippen LogP contribution in [0.2, 0.25) is 0 Å². The first-order valence-electron chi connectivity index (χ1n) is 12.8. The van der Waals surface area contributed by atoms with E-state index in [0.29, 0.717) is 32.1 Å². The van der Waals surface area contributed by atoms with Crippen LogP contribution in [0.3, 0.4) is 0 Å². The number of hydrogen-bond acceptors (Lipinski definition) is 7. The highest BCUT2D eigenvalue weighted by Gasteiger charge is 2.38. The summed E-state index contributed by atoms with van der Waals surface area (Å²) in [5, 5.41) is 7.06. The molecule has 6 rings (SSSR count). The van der Waals surface area contributed by atoms with Crippen molar-refractivity contribution in [2.24, 2.45) is 0 Å². The topological polar surface area (TPSA) is 76.9 Å². The van der Waals surface area contributed by atoms with Crippen molar-refractivity contribution in [2.75, 3.05) is 50.6 Å². The molecule has 39 heavy (non-hydrogen) atoms. The maximum absolute atomic E-state index is 13.8. The molecular formula is C29H28N4O4S2. The molecule has 1 saturated heterocycles. The fourth-order valence-electron chi connectivity index (χ4n) is 4.94. The first kappa shape index (κ1) is 25.7. The maximum Gasteiger partial charge on any atom is 0.242 e. The average molecular weight is 561 g/mol. The maximum atomic E-state index is 13.8. The summed E-state index contributed by atoms with van der Waals surface area (Å²) in [6, 6.07) is 21.7. The molecule has 2 aromatic heterocycles. The Morgan fingerprint density at radius 3 is 2.51 bits per heavy atom. The van der Waals surface area contributed by atoms with Gasteiger partial charge in [0.25, 0.3) is 0 Å². The molecule has 8 nitrogen and oxygen atoms in total. The smallest absolute Gasteiger partial charge is 0.242 e. The highest BCUT2D eigenvalue weighted by molar-refractivity contribution is 8.00. The minimum atomic E-state index is -0.116. The molecule has 4 heterocycles. The fourth-order valence-corrected chi connectivity index (χ4v) is 7.12. The number of fused-ring (bicyclic) bond motifs is 1. The van der Waals surface area contributed by atoms with Crippen molar-refractivity contribution in [2.45, 2.75) is 5.25 Å². The predicted octanol–water partition coefficient (Wildman–Crippen LogP) is 4.64. The average Bonchev–Trinajstić information content (AvgIpc) is 3.63. The number of amides is 2. The molecule has 200 valence electrons. The zero-order chi connectivity index (χ0) is 26.8. The van der Waals surface area contributed by atoms with E-state index in [9.17, 15) is 9.59 Å². The van der Waals surface area contributed by atoms with Crippen LogP contribution in [0.1, 0.15) is 15.7 Å². The van der Waals surface area contributed by atoms with Gasteiger partial charge in [-0.05, 0) is 35.7 Å². The Labute approximate surface area is 235 Å². The number of thioether (sulfide) groups is 1. The van der Waals surface area contributed by atoms with E-state index in [4.69, 9.17) is 14.6 Å². The number of methoxy groups -OCH3 is 1. The number of aromatic nitrogens is 2. The summed E-state index contributed by atoms with van der Waals surface area (Å²) < 4.78 is 12.6. The standard InChI is InChI=1S/C29H28N4O4S2/c1-36-22-11-9-21(10-12-22)33-29-26(27(30-33)20-6-3-2-4-7-20)28(23-8-5-17-38-23)39-19-25(35)32(29)18-24(34)31-13-15-37-16-14-31/h2-12,17,28H,13-16,18-19H2,1H3/t28-/m0/s1. The van der Waals surface area contributed by atoms with Gasteiger partial charge in [0, 0.05) is 29.1 Å². The number of thiophene rings is 1. The number of nitrogens with zero attached hydrogens (tertiary/aromatic N) is 4. The third kappa shape index (κ3) is 5.07. The molecule has 1 fully saturated rings. The van der Waals surface area contributed by atoms with E-state index in [1.54, 1.807) is 40.0 Å². The van der Waals surface area contributed by atoms with Gasteiger partial charge >= 0.3 is 0 Å². The van der Waals surface area contributed by atoms with E-state index in [1.807, 2.05) is 65.3 Å². The summed E-state index contributed by atoms with van der Waals surface area (Å²) in [7, 11) is 1.63. The molecule has 2 aliphatic rings. The Kier molecular flexibility index (Phi) is 7.40. The van der Waals surface area contributed by atoms with E-state index < -0.39 is 0 Å². The second-order valence-electron chi connectivity index (χ2n) is 9.24. The Hall–Kier alpha value is -3.60. The van der Waals surface area contributed by atoms with Gasteiger partial charge in [-0.1, -0.05) is 36.4 Å². The van der Waals surface area contributed by atoms with Crippen molar-refractivity contribution in [1.82, 2.24) is 14.7 Å². The van der Waals surface area contributed by atoms with Crippen LogP contribution in [-0.4, -0.2) is 72.2 Å². The third-order valence-electron chi connectivity index (χ3n) is 6.91. The van der Waals surface area contributed by atoms with Crippen molar-refractivity contribution in [1.29, 1.82) is 0 Å². The van der Waals surface area contributed by atoms with Crippen LogP contribution in [0, 0.1) is 0 Å². The van der Waals surface area contributed by atoms with Crippen LogP contribution in [0.4, 0.5) is 5.82 Å². The third-order valence-corrected chi connectivity index (χ3v) is 9.23. The molecule has 0 saturated carbocycles. The Morgan fingerprint density at radius 1 is 1.05 bits per heavy atom. The monoisotopic (exact) mass is 560 g/mol. The van der Waals surface area contributed by atoms with Gasteiger partial charge in [0.2, 0.25) is 11.8 Å². The van der Waals surface area contributed by atoms with Gasteiger partial charge in [0.15, 0.2) is 0 Å². The Bertz CT molecular complexity index is 1450. The van der Waals surface area contributed by atoms with Crippen LogP contribution < -0.4 is 9.64 Å². The van der Waals surface area contributed by atoms with Crippen molar-refractivity contribution >= 4 is 40.7 Å². The Morgan fingerprint density at radius 2 is 1.82 bits per heavy atom. The van der Waals surface area contributed by atoms with E-state index in [2.05, 4.69) is 11.4 Å². The number of benzene rings is 2. The SMILES string of the molecule is COc1ccc(-n2nc(-c3ccccc3)c3c2N(CC(=O)N2CCOCC2)C(=O)CS[C@H]3c2cccs2)cc1. The minimum Gasteiger partial charge on any atom is -0.497 e. The lowest BCUT2D eigenvalue weighted by Gasteiger charge is -2.30. The molecule has 2 aliphatic heterocycles. The molecule has 0 bridgehead atoms. The van der Waals surface area contributed by atoms with Gasteiger partial charge in [-0.25, -0.2) is 4.68 Å². The van der Waals surface area contributed by atoms with Gasteiger partial charge in [-0.3, -0.25) is 14.5 Å². The number of hydrogen-bond donors (Lipinski definition) is 0. The number of carbonyl (C=O) groups is 2. The van der Waals surface area contributed by atoms with Gasteiger partial charge < -0.3 is 14.4 Å². The second kappa shape index (κ2) is 11.3. The van der Waals surface area contributed by atoms with E-state index in [1.165, 1.54) is 0 Å². The number of anilines is 1. The molecular weight excluding hydrogens is 532 g/mol. The van der Waals surface area contributed by atoms with Crippen LogP contribution in [0.5, 0.6) is 5.75 Å². The number of rotatable bonds is 6. The van der Waals surface area contributed by atoms with Crippen molar-refractivity contribution in [3.8, 4) is 22.7 Å². The zero-order valence-electron chi connectivity index (χ0n) is 21.5.